The van der Waals surface area contributed by atoms with Crippen LogP contribution in [0.4, 0.5) is 5.69 Å². The van der Waals surface area contributed by atoms with E-state index in [4.69, 9.17) is 19.6 Å². The van der Waals surface area contributed by atoms with Gasteiger partial charge < -0.3 is 14.2 Å². The zero-order valence-corrected chi connectivity index (χ0v) is 18.1. The minimum absolute atomic E-state index is 0.0910. The lowest BCUT2D eigenvalue weighted by Crippen LogP contribution is -2.39. The molecule has 2 aromatic carbocycles. The van der Waals surface area contributed by atoms with Crippen LogP contribution in [0.25, 0.3) is 6.08 Å². The van der Waals surface area contributed by atoms with Gasteiger partial charge in [-0.3, -0.25) is 15.1 Å². The van der Waals surface area contributed by atoms with Gasteiger partial charge in [0.25, 0.3) is 5.91 Å². The number of rotatable bonds is 4. The van der Waals surface area contributed by atoms with E-state index in [-0.39, 0.29) is 11.4 Å². The molecule has 0 spiro atoms. The van der Waals surface area contributed by atoms with Crippen molar-refractivity contribution in [3.63, 3.8) is 0 Å². The third-order valence-corrected chi connectivity index (χ3v) is 6.12. The third kappa shape index (κ3) is 3.13. The first-order valence-electron chi connectivity index (χ1n) is 9.20. The SMILES string of the molecule is COc1cc(C=C2C(=N)N3C(=NC2=O)Sc2cc(C)c(C)cc23)cc(OC)c1OC. The minimum Gasteiger partial charge on any atom is -0.493 e. The van der Waals surface area contributed by atoms with Gasteiger partial charge in [-0.15, -0.1) is 0 Å². The molecule has 4 rings (SSSR count). The molecule has 1 N–H and O–H groups in total. The molecule has 0 saturated carbocycles. The highest BCUT2D eigenvalue weighted by atomic mass is 32.2. The molecule has 8 heteroatoms. The largest absolute Gasteiger partial charge is 0.493 e. The van der Waals surface area contributed by atoms with Gasteiger partial charge in [0.05, 0.1) is 32.6 Å². The summed E-state index contributed by atoms with van der Waals surface area (Å²) in [5.41, 5.74) is 3.99. The Morgan fingerprint density at radius 1 is 1.00 bits per heavy atom. The van der Waals surface area contributed by atoms with Crippen LogP contribution < -0.4 is 19.1 Å². The molecule has 0 atom stereocenters. The second kappa shape index (κ2) is 7.53. The monoisotopic (exact) mass is 423 g/mol. The van der Waals surface area contributed by atoms with Gasteiger partial charge in [0, 0.05) is 4.90 Å². The number of carbonyl (C=O) groups is 1. The molecule has 2 heterocycles. The number of amides is 1. The number of fused-ring (bicyclic) bond motifs is 3. The van der Waals surface area contributed by atoms with Crippen LogP contribution in [0.3, 0.4) is 0 Å². The normalized spacial score (nSPS) is 16.4. The molecule has 0 bridgehead atoms. The van der Waals surface area contributed by atoms with Crippen LogP contribution in [0, 0.1) is 19.3 Å². The first kappa shape index (κ1) is 20.0. The van der Waals surface area contributed by atoms with Crippen LogP contribution in [-0.4, -0.2) is 38.2 Å². The van der Waals surface area contributed by atoms with E-state index in [0.717, 1.165) is 21.7 Å². The van der Waals surface area contributed by atoms with Crippen molar-refractivity contribution in [3.05, 3.63) is 46.5 Å². The summed E-state index contributed by atoms with van der Waals surface area (Å²) in [7, 11) is 4.59. The molecule has 154 valence electrons. The highest BCUT2D eigenvalue weighted by molar-refractivity contribution is 8.15. The van der Waals surface area contributed by atoms with Crippen molar-refractivity contribution in [3.8, 4) is 17.2 Å². The number of aryl methyl sites for hydroxylation is 2. The standard InChI is InChI=1S/C22H21N3O4S/c1-11-6-15-18(7-12(11)2)30-22-24-21(26)14(20(23)25(15)22)8-13-9-16(27-3)19(29-5)17(10-13)28-4/h6-10,23H,1-5H3. The fourth-order valence-corrected chi connectivity index (χ4v) is 4.51. The summed E-state index contributed by atoms with van der Waals surface area (Å²) < 4.78 is 16.1. The summed E-state index contributed by atoms with van der Waals surface area (Å²) in [5.74, 6) is 1.04. The van der Waals surface area contributed by atoms with Crippen molar-refractivity contribution >= 4 is 40.4 Å². The smallest absolute Gasteiger partial charge is 0.283 e. The second-order valence-electron chi connectivity index (χ2n) is 6.91. The van der Waals surface area contributed by atoms with Crippen LogP contribution in [-0.2, 0) is 4.79 Å². The van der Waals surface area contributed by atoms with Gasteiger partial charge >= 0.3 is 0 Å². The fraction of sp³-hybridized carbons (Fsp3) is 0.227. The maximum atomic E-state index is 12.7. The number of amidine groups is 2. The highest BCUT2D eigenvalue weighted by Crippen LogP contribution is 2.44. The topological polar surface area (TPSA) is 84.2 Å². The molecule has 0 radical (unpaired) electrons. The minimum atomic E-state index is -0.450. The predicted molar refractivity (Wildman–Crippen MR) is 118 cm³/mol. The van der Waals surface area contributed by atoms with E-state index in [1.54, 1.807) is 23.1 Å². The van der Waals surface area contributed by atoms with E-state index in [1.165, 1.54) is 33.1 Å². The van der Waals surface area contributed by atoms with Crippen molar-refractivity contribution in [1.29, 1.82) is 5.41 Å². The Bertz CT molecular complexity index is 1130. The van der Waals surface area contributed by atoms with Crippen LogP contribution in [0.2, 0.25) is 0 Å². The van der Waals surface area contributed by atoms with E-state index in [1.807, 2.05) is 19.9 Å². The Morgan fingerprint density at radius 2 is 1.63 bits per heavy atom. The number of hydrogen-bond donors (Lipinski definition) is 1. The number of nitrogens with one attached hydrogen (secondary N) is 1. The first-order valence-corrected chi connectivity index (χ1v) is 10.0. The summed E-state index contributed by atoms with van der Waals surface area (Å²) >= 11 is 1.41. The molecule has 2 aliphatic rings. The fourth-order valence-electron chi connectivity index (χ4n) is 3.42. The van der Waals surface area contributed by atoms with Gasteiger partial charge in [-0.1, -0.05) is 0 Å². The number of anilines is 1. The Balaban J connectivity index is 1.80. The molecule has 0 unspecified atom stereocenters. The first-order chi connectivity index (χ1) is 14.4. The van der Waals surface area contributed by atoms with Crippen molar-refractivity contribution < 1.29 is 19.0 Å². The highest BCUT2D eigenvalue weighted by Gasteiger charge is 2.37. The lowest BCUT2D eigenvalue weighted by atomic mass is 10.0. The van der Waals surface area contributed by atoms with Crippen LogP contribution >= 0.6 is 11.8 Å². The van der Waals surface area contributed by atoms with Crippen LogP contribution in [0.15, 0.2) is 39.7 Å². The van der Waals surface area contributed by atoms with E-state index >= 15 is 0 Å². The van der Waals surface area contributed by atoms with Gasteiger partial charge in [0.1, 0.15) is 5.84 Å². The zero-order valence-electron chi connectivity index (χ0n) is 17.3. The predicted octanol–water partition coefficient (Wildman–Crippen LogP) is 4.20. The van der Waals surface area contributed by atoms with Crippen molar-refractivity contribution in [2.75, 3.05) is 26.2 Å². The number of thioether (sulfide) groups is 1. The maximum Gasteiger partial charge on any atom is 0.283 e. The van der Waals surface area contributed by atoms with Gasteiger partial charge in [0.2, 0.25) is 5.75 Å². The Hall–Kier alpha value is -3.26. The summed E-state index contributed by atoms with van der Waals surface area (Å²) in [6.07, 6.45) is 1.62. The summed E-state index contributed by atoms with van der Waals surface area (Å²) in [6.45, 7) is 4.07. The molecule has 0 fully saturated rings. The summed E-state index contributed by atoms with van der Waals surface area (Å²) in [6, 6.07) is 7.56. The lowest BCUT2D eigenvalue weighted by Gasteiger charge is -2.25. The number of aliphatic imine (C=N–C) groups is 1. The number of methoxy groups -OCH3 is 3. The van der Waals surface area contributed by atoms with Gasteiger partial charge in [-0.25, -0.2) is 0 Å². The van der Waals surface area contributed by atoms with E-state index in [2.05, 4.69) is 11.1 Å². The number of carbonyl (C=O) groups excluding carboxylic acids is 1. The van der Waals surface area contributed by atoms with Crippen LogP contribution in [0.5, 0.6) is 17.2 Å². The molecule has 2 aliphatic heterocycles. The number of ether oxygens (including phenoxy) is 3. The average molecular weight is 423 g/mol. The molecule has 1 amide bonds. The number of benzene rings is 2. The lowest BCUT2D eigenvalue weighted by molar-refractivity contribution is -0.113. The third-order valence-electron chi connectivity index (χ3n) is 5.11. The number of hydrogen-bond acceptors (Lipinski definition) is 6. The molecular formula is C22H21N3O4S. The van der Waals surface area contributed by atoms with Gasteiger partial charge in [-0.05, 0) is 72.6 Å². The Kier molecular flexibility index (Phi) is 5.03. The molecule has 0 aliphatic carbocycles. The van der Waals surface area contributed by atoms with E-state index in [0.29, 0.717) is 28.0 Å². The number of nitrogens with zero attached hydrogens (tertiary/aromatic N) is 2. The van der Waals surface area contributed by atoms with Crippen LogP contribution in [0.1, 0.15) is 16.7 Å². The van der Waals surface area contributed by atoms with Crippen molar-refractivity contribution in [2.24, 2.45) is 4.99 Å². The van der Waals surface area contributed by atoms with Gasteiger partial charge in [-0.2, -0.15) is 4.99 Å². The molecular weight excluding hydrogens is 402 g/mol. The average Bonchev–Trinajstić information content (AvgIpc) is 3.07. The zero-order chi connectivity index (χ0) is 21.6. The van der Waals surface area contributed by atoms with Crippen molar-refractivity contribution in [2.45, 2.75) is 18.7 Å². The second-order valence-corrected chi connectivity index (χ2v) is 7.92. The maximum absolute atomic E-state index is 12.7. The Morgan fingerprint density at radius 3 is 2.23 bits per heavy atom. The molecule has 0 saturated heterocycles. The Labute approximate surface area is 178 Å². The quantitative estimate of drug-likeness (QED) is 0.742. The molecule has 7 nitrogen and oxygen atoms in total. The van der Waals surface area contributed by atoms with Crippen molar-refractivity contribution in [1.82, 2.24) is 0 Å². The molecule has 0 aromatic heterocycles. The van der Waals surface area contributed by atoms with E-state index in [9.17, 15) is 4.79 Å². The molecule has 30 heavy (non-hydrogen) atoms. The van der Waals surface area contributed by atoms with E-state index < -0.39 is 5.91 Å². The van der Waals surface area contributed by atoms with Gasteiger partial charge in [0.15, 0.2) is 16.7 Å². The molecule has 2 aromatic rings. The summed E-state index contributed by atoms with van der Waals surface area (Å²) in [4.78, 5) is 19.7. The summed E-state index contributed by atoms with van der Waals surface area (Å²) in [5, 5.41) is 9.25.